The molecule has 138 valence electrons. The summed E-state index contributed by atoms with van der Waals surface area (Å²) in [7, 11) is 0. The molecule has 2 aliphatic heterocycles. The zero-order valence-electron chi connectivity index (χ0n) is 14.6. The summed E-state index contributed by atoms with van der Waals surface area (Å²) in [5, 5.41) is 2.82. The summed E-state index contributed by atoms with van der Waals surface area (Å²) in [5.41, 5.74) is 1.82. The minimum absolute atomic E-state index is 0.0567. The lowest BCUT2D eigenvalue weighted by Crippen LogP contribution is -2.23. The van der Waals surface area contributed by atoms with E-state index in [4.69, 9.17) is 4.74 Å². The van der Waals surface area contributed by atoms with Crippen molar-refractivity contribution in [2.75, 3.05) is 22.5 Å². The van der Waals surface area contributed by atoms with Crippen LogP contribution in [0.2, 0.25) is 0 Å². The monoisotopic (exact) mass is 382 g/mol. The summed E-state index contributed by atoms with van der Waals surface area (Å²) in [6, 6.07) is 12.1. The van der Waals surface area contributed by atoms with Gasteiger partial charge in [-0.2, -0.15) is 0 Å². The molecule has 2 aromatic carbocycles. The van der Waals surface area contributed by atoms with Crippen molar-refractivity contribution in [2.45, 2.75) is 24.2 Å². The highest BCUT2D eigenvalue weighted by atomic mass is 32.2. The summed E-state index contributed by atoms with van der Waals surface area (Å²) in [6.07, 6.45) is 1.89. The molecule has 0 spiro atoms. The van der Waals surface area contributed by atoms with Crippen molar-refractivity contribution in [3.05, 3.63) is 48.0 Å². The van der Waals surface area contributed by atoms with Crippen LogP contribution >= 0.6 is 11.8 Å². The number of amides is 2. The van der Waals surface area contributed by atoms with E-state index in [9.17, 15) is 14.4 Å². The smallest absolute Gasteiger partial charge is 0.343 e. The Morgan fingerprint density at radius 3 is 2.63 bits per heavy atom. The number of thioether (sulfide) groups is 1. The van der Waals surface area contributed by atoms with Crippen molar-refractivity contribution in [2.24, 2.45) is 0 Å². The predicted molar refractivity (Wildman–Crippen MR) is 103 cm³/mol. The lowest BCUT2D eigenvalue weighted by atomic mass is 10.2. The summed E-state index contributed by atoms with van der Waals surface area (Å²) in [6.45, 7) is 0.719. The third-order valence-electron chi connectivity index (χ3n) is 4.51. The van der Waals surface area contributed by atoms with Gasteiger partial charge in [-0.25, -0.2) is 4.79 Å². The van der Waals surface area contributed by atoms with E-state index < -0.39 is 5.97 Å². The maximum absolute atomic E-state index is 12.5. The van der Waals surface area contributed by atoms with Crippen molar-refractivity contribution in [3.63, 3.8) is 0 Å². The highest BCUT2D eigenvalue weighted by molar-refractivity contribution is 7.99. The first kappa shape index (κ1) is 17.6. The van der Waals surface area contributed by atoms with Crippen LogP contribution in [0.4, 0.5) is 11.4 Å². The quantitative estimate of drug-likeness (QED) is 0.650. The predicted octanol–water partition coefficient (Wildman–Crippen LogP) is 3.47. The van der Waals surface area contributed by atoms with Crippen molar-refractivity contribution >= 4 is 40.9 Å². The van der Waals surface area contributed by atoms with Crippen molar-refractivity contribution in [3.8, 4) is 5.75 Å². The molecule has 0 saturated carbocycles. The normalized spacial score (nSPS) is 16.5. The molecular weight excluding hydrogens is 364 g/mol. The van der Waals surface area contributed by atoms with Crippen LogP contribution in [-0.4, -0.2) is 30.1 Å². The van der Waals surface area contributed by atoms with Crippen molar-refractivity contribution in [1.82, 2.24) is 0 Å². The molecule has 0 atom stereocenters. The first-order chi connectivity index (χ1) is 13.1. The average molecular weight is 382 g/mol. The molecule has 1 N–H and O–H groups in total. The molecule has 0 radical (unpaired) electrons. The van der Waals surface area contributed by atoms with Gasteiger partial charge in [0.15, 0.2) is 0 Å². The molecule has 1 saturated heterocycles. The molecule has 2 heterocycles. The SMILES string of the molecule is O=C1CCSc2ccc(C(=O)Oc3ccc(N4CCCC4=O)cc3)cc2N1. The number of benzene rings is 2. The van der Waals surface area contributed by atoms with Gasteiger partial charge in [-0.05, 0) is 48.9 Å². The first-order valence-corrected chi connectivity index (χ1v) is 9.78. The van der Waals surface area contributed by atoms with Gasteiger partial charge in [0, 0.05) is 35.7 Å². The number of ether oxygens (including phenoxy) is 1. The van der Waals surface area contributed by atoms with E-state index >= 15 is 0 Å². The average Bonchev–Trinajstić information content (AvgIpc) is 3.00. The van der Waals surface area contributed by atoms with Gasteiger partial charge in [-0.15, -0.1) is 11.8 Å². The molecule has 6 nitrogen and oxygen atoms in total. The minimum atomic E-state index is -0.494. The molecule has 0 bridgehead atoms. The number of carbonyl (C=O) groups is 3. The Labute approximate surface area is 160 Å². The van der Waals surface area contributed by atoms with Gasteiger partial charge in [0.25, 0.3) is 0 Å². The fourth-order valence-electron chi connectivity index (χ4n) is 3.13. The topological polar surface area (TPSA) is 75.7 Å². The van der Waals surface area contributed by atoms with Crippen LogP contribution in [0.25, 0.3) is 0 Å². The van der Waals surface area contributed by atoms with Gasteiger partial charge >= 0.3 is 5.97 Å². The fraction of sp³-hybridized carbons (Fsp3) is 0.250. The largest absolute Gasteiger partial charge is 0.423 e. The van der Waals surface area contributed by atoms with Crippen molar-refractivity contribution in [1.29, 1.82) is 0 Å². The van der Waals surface area contributed by atoms with Gasteiger partial charge < -0.3 is 15.0 Å². The first-order valence-electron chi connectivity index (χ1n) is 8.79. The van der Waals surface area contributed by atoms with Gasteiger partial charge in [0.2, 0.25) is 11.8 Å². The molecule has 27 heavy (non-hydrogen) atoms. The maximum atomic E-state index is 12.5. The van der Waals surface area contributed by atoms with Gasteiger partial charge in [0.1, 0.15) is 5.75 Å². The van der Waals surface area contributed by atoms with E-state index in [2.05, 4.69) is 5.32 Å². The minimum Gasteiger partial charge on any atom is -0.423 e. The zero-order chi connectivity index (χ0) is 18.8. The van der Waals surface area contributed by atoms with E-state index in [0.29, 0.717) is 35.6 Å². The number of carbonyl (C=O) groups excluding carboxylic acids is 3. The third kappa shape index (κ3) is 3.83. The highest BCUT2D eigenvalue weighted by Gasteiger charge is 2.22. The Morgan fingerprint density at radius 2 is 1.89 bits per heavy atom. The Balaban J connectivity index is 1.47. The third-order valence-corrected chi connectivity index (χ3v) is 5.58. The second kappa shape index (κ2) is 7.44. The zero-order valence-corrected chi connectivity index (χ0v) is 15.4. The molecule has 0 unspecified atom stereocenters. The van der Waals surface area contributed by atoms with Gasteiger partial charge in [-0.3, -0.25) is 9.59 Å². The van der Waals surface area contributed by atoms with E-state index in [-0.39, 0.29) is 11.8 Å². The number of esters is 1. The number of hydrogen-bond donors (Lipinski definition) is 1. The van der Waals surface area contributed by atoms with Gasteiger partial charge in [0.05, 0.1) is 11.3 Å². The number of nitrogens with one attached hydrogen (secondary N) is 1. The molecule has 1 fully saturated rings. The fourth-order valence-corrected chi connectivity index (χ4v) is 4.07. The highest BCUT2D eigenvalue weighted by Crippen LogP contribution is 2.32. The molecule has 0 aliphatic carbocycles. The molecule has 4 rings (SSSR count). The summed E-state index contributed by atoms with van der Waals surface area (Å²) < 4.78 is 5.43. The Hall–Kier alpha value is -2.80. The van der Waals surface area contributed by atoms with Crippen LogP contribution in [0.1, 0.15) is 29.6 Å². The molecule has 2 aliphatic rings. The molecule has 2 aromatic rings. The van der Waals surface area contributed by atoms with E-state index in [1.807, 2.05) is 6.07 Å². The van der Waals surface area contributed by atoms with E-state index in [1.54, 1.807) is 53.1 Å². The maximum Gasteiger partial charge on any atom is 0.343 e. The lowest BCUT2D eigenvalue weighted by Gasteiger charge is -2.16. The number of fused-ring (bicyclic) bond motifs is 1. The van der Waals surface area contributed by atoms with Crippen LogP contribution in [0, 0.1) is 0 Å². The number of anilines is 2. The number of rotatable bonds is 3. The van der Waals surface area contributed by atoms with Crippen LogP contribution in [0.5, 0.6) is 5.75 Å². The van der Waals surface area contributed by atoms with Crippen LogP contribution in [-0.2, 0) is 9.59 Å². The Kier molecular flexibility index (Phi) is 4.85. The van der Waals surface area contributed by atoms with Crippen LogP contribution in [0.3, 0.4) is 0 Å². The molecule has 7 heteroatoms. The van der Waals surface area contributed by atoms with Crippen molar-refractivity contribution < 1.29 is 19.1 Å². The van der Waals surface area contributed by atoms with E-state index in [0.717, 1.165) is 23.5 Å². The second-order valence-corrected chi connectivity index (χ2v) is 7.53. The number of nitrogens with zero attached hydrogens (tertiary/aromatic N) is 1. The summed E-state index contributed by atoms with van der Waals surface area (Å²) in [4.78, 5) is 38.6. The van der Waals surface area contributed by atoms with Gasteiger partial charge in [-0.1, -0.05) is 0 Å². The lowest BCUT2D eigenvalue weighted by molar-refractivity contribution is -0.117. The van der Waals surface area contributed by atoms with Crippen LogP contribution in [0.15, 0.2) is 47.4 Å². The summed E-state index contributed by atoms with van der Waals surface area (Å²) >= 11 is 1.58. The second-order valence-electron chi connectivity index (χ2n) is 6.39. The molecule has 2 amide bonds. The number of hydrogen-bond acceptors (Lipinski definition) is 5. The van der Waals surface area contributed by atoms with E-state index in [1.165, 1.54) is 0 Å². The molecular formula is C20H18N2O4S. The van der Waals surface area contributed by atoms with Crippen LogP contribution < -0.4 is 15.0 Å². The summed E-state index contributed by atoms with van der Waals surface area (Å²) in [5.74, 6) is 0.688. The molecule has 0 aromatic heterocycles. The Bertz CT molecular complexity index is 911. The Morgan fingerprint density at radius 1 is 1.07 bits per heavy atom. The standard InChI is InChI=1S/C20H18N2O4S/c23-18-9-11-27-17-8-3-13(12-16(17)21-18)20(25)26-15-6-4-14(5-7-15)22-10-1-2-19(22)24/h3-8,12H,1-2,9-11H2,(H,21,23).